The fraction of sp³-hybridized carbons (Fsp3) is 0.267. The highest BCUT2D eigenvalue weighted by molar-refractivity contribution is 9.09. The van der Waals surface area contributed by atoms with Crippen molar-refractivity contribution in [3.63, 3.8) is 0 Å². The standard InChI is InChI=1S/C15H14BrN3O2/c16-8-11-6-14(20)18(10-11)13-7-15(21)19(17-9-13)12-4-2-1-3-5-12/h1-5,7,9,11H,6,8,10H2. The van der Waals surface area contributed by atoms with Crippen LogP contribution in [-0.4, -0.2) is 27.6 Å². The lowest BCUT2D eigenvalue weighted by molar-refractivity contribution is -0.117. The van der Waals surface area contributed by atoms with Crippen molar-refractivity contribution in [3.8, 4) is 5.69 Å². The summed E-state index contributed by atoms with van der Waals surface area (Å²) in [5.41, 5.74) is 1.04. The molecular formula is C15H14BrN3O2. The number of para-hydroxylation sites is 1. The van der Waals surface area contributed by atoms with Gasteiger partial charge in [-0.3, -0.25) is 9.59 Å². The van der Waals surface area contributed by atoms with Crippen LogP contribution < -0.4 is 10.5 Å². The molecule has 6 heteroatoms. The Labute approximate surface area is 130 Å². The van der Waals surface area contributed by atoms with Crippen LogP contribution in [0.15, 0.2) is 47.4 Å². The zero-order valence-corrected chi connectivity index (χ0v) is 12.9. The van der Waals surface area contributed by atoms with Gasteiger partial charge in [0.25, 0.3) is 5.56 Å². The van der Waals surface area contributed by atoms with Crippen molar-refractivity contribution in [2.75, 3.05) is 16.8 Å². The Balaban J connectivity index is 1.92. The Hall–Kier alpha value is -1.95. The molecule has 1 aliphatic heterocycles. The van der Waals surface area contributed by atoms with E-state index in [-0.39, 0.29) is 17.4 Å². The molecule has 1 aromatic carbocycles. The minimum Gasteiger partial charge on any atom is -0.310 e. The van der Waals surface area contributed by atoms with Gasteiger partial charge in [0, 0.05) is 24.4 Å². The van der Waals surface area contributed by atoms with Gasteiger partial charge in [-0.25, -0.2) is 0 Å². The molecule has 1 unspecified atom stereocenters. The zero-order valence-electron chi connectivity index (χ0n) is 11.3. The molecule has 1 aliphatic rings. The predicted molar refractivity (Wildman–Crippen MR) is 84.1 cm³/mol. The molecule has 2 aromatic rings. The summed E-state index contributed by atoms with van der Waals surface area (Å²) in [4.78, 5) is 25.8. The van der Waals surface area contributed by atoms with E-state index < -0.39 is 0 Å². The summed E-state index contributed by atoms with van der Waals surface area (Å²) >= 11 is 3.40. The molecule has 2 heterocycles. The Morgan fingerprint density at radius 3 is 2.57 bits per heavy atom. The second-order valence-corrected chi connectivity index (χ2v) is 5.68. The number of nitrogens with zero attached hydrogens (tertiary/aromatic N) is 3. The molecule has 1 fully saturated rings. The molecule has 1 atom stereocenters. The minimum atomic E-state index is -0.242. The molecule has 0 radical (unpaired) electrons. The van der Waals surface area contributed by atoms with Crippen LogP contribution in [-0.2, 0) is 4.79 Å². The van der Waals surface area contributed by atoms with Crippen molar-refractivity contribution in [2.24, 2.45) is 5.92 Å². The molecule has 0 spiro atoms. The quantitative estimate of drug-likeness (QED) is 0.797. The van der Waals surface area contributed by atoms with E-state index in [1.54, 1.807) is 11.1 Å². The molecule has 1 saturated heterocycles. The molecule has 1 amide bonds. The average Bonchev–Trinajstić information content (AvgIpc) is 2.89. The lowest BCUT2D eigenvalue weighted by Gasteiger charge is -2.16. The Kier molecular flexibility index (Phi) is 3.88. The first-order chi connectivity index (χ1) is 10.2. The second-order valence-electron chi connectivity index (χ2n) is 5.03. The van der Waals surface area contributed by atoms with Crippen LogP contribution in [0.3, 0.4) is 0 Å². The lowest BCUT2D eigenvalue weighted by atomic mass is 10.2. The fourth-order valence-electron chi connectivity index (χ4n) is 2.44. The number of hydrogen-bond acceptors (Lipinski definition) is 3. The van der Waals surface area contributed by atoms with Gasteiger partial charge in [-0.05, 0) is 18.1 Å². The summed E-state index contributed by atoms with van der Waals surface area (Å²) in [5.74, 6) is 0.326. The van der Waals surface area contributed by atoms with E-state index in [0.717, 1.165) is 5.33 Å². The van der Waals surface area contributed by atoms with E-state index in [1.165, 1.54) is 10.7 Å². The maximum Gasteiger partial charge on any atom is 0.273 e. The number of carbonyl (C=O) groups excluding carboxylic acids is 1. The molecule has 5 nitrogen and oxygen atoms in total. The van der Waals surface area contributed by atoms with E-state index in [4.69, 9.17) is 0 Å². The molecule has 0 bridgehead atoms. The maximum atomic E-state index is 12.2. The first-order valence-electron chi connectivity index (χ1n) is 6.70. The smallest absolute Gasteiger partial charge is 0.273 e. The summed E-state index contributed by atoms with van der Waals surface area (Å²) in [5, 5.41) is 4.96. The Bertz CT molecular complexity index is 714. The Morgan fingerprint density at radius 1 is 1.19 bits per heavy atom. The van der Waals surface area contributed by atoms with Gasteiger partial charge in [-0.1, -0.05) is 34.1 Å². The molecule has 0 saturated carbocycles. The zero-order chi connectivity index (χ0) is 14.8. The highest BCUT2D eigenvalue weighted by Gasteiger charge is 2.30. The first-order valence-corrected chi connectivity index (χ1v) is 7.82. The van der Waals surface area contributed by atoms with Crippen LogP contribution in [0.25, 0.3) is 5.69 Å². The molecular weight excluding hydrogens is 334 g/mol. The number of hydrogen-bond donors (Lipinski definition) is 0. The van der Waals surface area contributed by atoms with Gasteiger partial charge >= 0.3 is 0 Å². The maximum absolute atomic E-state index is 12.2. The number of benzene rings is 1. The van der Waals surface area contributed by atoms with Crippen molar-refractivity contribution in [2.45, 2.75) is 6.42 Å². The molecule has 3 rings (SSSR count). The predicted octanol–water partition coefficient (Wildman–Crippen LogP) is 1.98. The molecule has 1 aromatic heterocycles. The number of aromatic nitrogens is 2. The topological polar surface area (TPSA) is 55.2 Å². The van der Waals surface area contributed by atoms with E-state index >= 15 is 0 Å². The molecule has 21 heavy (non-hydrogen) atoms. The highest BCUT2D eigenvalue weighted by atomic mass is 79.9. The van der Waals surface area contributed by atoms with E-state index in [2.05, 4.69) is 21.0 Å². The van der Waals surface area contributed by atoms with Gasteiger partial charge in [0.15, 0.2) is 0 Å². The normalized spacial score (nSPS) is 18.2. The van der Waals surface area contributed by atoms with Crippen LogP contribution in [0.5, 0.6) is 0 Å². The second kappa shape index (κ2) is 5.81. The number of alkyl halides is 1. The van der Waals surface area contributed by atoms with E-state index in [0.29, 0.717) is 24.3 Å². The fourth-order valence-corrected chi connectivity index (χ4v) is 2.88. The van der Waals surface area contributed by atoms with Gasteiger partial charge in [0.2, 0.25) is 5.91 Å². The largest absolute Gasteiger partial charge is 0.310 e. The summed E-state index contributed by atoms with van der Waals surface area (Å²) in [7, 11) is 0. The van der Waals surface area contributed by atoms with E-state index in [1.807, 2.05) is 30.3 Å². The molecule has 108 valence electrons. The summed E-state index contributed by atoms with van der Waals surface area (Å²) in [6.45, 7) is 0.626. The van der Waals surface area contributed by atoms with Crippen LogP contribution in [0.1, 0.15) is 6.42 Å². The summed E-state index contributed by atoms with van der Waals surface area (Å²) in [6, 6.07) is 10.7. The van der Waals surface area contributed by atoms with Gasteiger partial charge in [-0.15, -0.1) is 0 Å². The third-order valence-electron chi connectivity index (χ3n) is 3.52. The minimum absolute atomic E-state index is 0.0399. The third kappa shape index (κ3) is 2.76. The lowest BCUT2D eigenvalue weighted by Crippen LogP contribution is -2.28. The van der Waals surface area contributed by atoms with Gasteiger partial charge in [0.1, 0.15) is 0 Å². The number of carbonyl (C=O) groups is 1. The SMILES string of the molecule is O=C1CC(CBr)CN1c1cnn(-c2ccccc2)c(=O)c1. The number of anilines is 1. The Morgan fingerprint density at radius 2 is 1.95 bits per heavy atom. The highest BCUT2D eigenvalue weighted by Crippen LogP contribution is 2.24. The van der Waals surface area contributed by atoms with Crippen molar-refractivity contribution in [1.82, 2.24) is 9.78 Å². The number of amides is 1. The van der Waals surface area contributed by atoms with Crippen molar-refractivity contribution in [1.29, 1.82) is 0 Å². The summed E-state index contributed by atoms with van der Waals surface area (Å²) in [6.07, 6.45) is 2.08. The van der Waals surface area contributed by atoms with E-state index in [9.17, 15) is 9.59 Å². The van der Waals surface area contributed by atoms with Crippen LogP contribution in [0, 0.1) is 5.92 Å². The number of rotatable bonds is 3. The molecule has 0 aliphatic carbocycles. The van der Waals surface area contributed by atoms with Gasteiger partial charge in [-0.2, -0.15) is 9.78 Å². The number of halogens is 1. The molecule has 0 N–H and O–H groups in total. The van der Waals surface area contributed by atoms with Gasteiger partial charge < -0.3 is 4.90 Å². The summed E-state index contributed by atoms with van der Waals surface area (Å²) < 4.78 is 1.33. The van der Waals surface area contributed by atoms with Crippen molar-refractivity contribution >= 4 is 27.5 Å². The monoisotopic (exact) mass is 347 g/mol. The first kappa shape index (κ1) is 14.0. The van der Waals surface area contributed by atoms with Crippen molar-refractivity contribution < 1.29 is 4.79 Å². The third-order valence-corrected chi connectivity index (χ3v) is 4.44. The van der Waals surface area contributed by atoms with Crippen LogP contribution in [0.4, 0.5) is 5.69 Å². The average molecular weight is 348 g/mol. The van der Waals surface area contributed by atoms with Crippen LogP contribution >= 0.6 is 15.9 Å². The van der Waals surface area contributed by atoms with Gasteiger partial charge in [0.05, 0.1) is 17.6 Å². The van der Waals surface area contributed by atoms with Crippen molar-refractivity contribution in [3.05, 3.63) is 52.9 Å². The van der Waals surface area contributed by atoms with Crippen LogP contribution in [0.2, 0.25) is 0 Å².